The highest BCUT2D eigenvalue weighted by Crippen LogP contribution is 2.25. The number of anilines is 1. The molecule has 0 saturated heterocycles. The molecule has 0 unspecified atom stereocenters. The van der Waals surface area contributed by atoms with Crippen LogP contribution < -0.4 is 5.32 Å². The highest BCUT2D eigenvalue weighted by Gasteiger charge is 1.96. The summed E-state index contributed by atoms with van der Waals surface area (Å²) in [6.07, 6.45) is 0. The molecule has 0 aliphatic rings. The third kappa shape index (κ3) is 3.30. The monoisotopic (exact) mass is 257 g/mol. The SMILES string of the molecule is CC#CCNc1ccc(Cl)c(Br)c1. The van der Waals surface area contributed by atoms with Gasteiger partial charge < -0.3 is 5.32 Å². The van der Waals surface area contributed by atoms with Crippen LogP contribution in [0, 0.1) is 11.8 Å². The van der Waals surface area contributed by atoms with Gasteiger partial charge in [0.15, 0.2) is 0 Å². The lowest BCUT2D eigenvalue weighted by Gasteiger charge is -2.03. The first-order chi connectivity index (χ1) is 6.24. The maximum Gasteiger partial charge on any atom is 0.0765 e. The van der Waals surface area contributed by atoms with E-state index in [-0.39, 0.29) is 0 Å². The number of rotatable bonds is 2. The van der Waals surface area contributed by atoms with Gasteiger partial charge in [-0.2, -0.15) is 0 Å². The molecule has 0 heterocycles. The Morgan fingerprint density at radius 1 is 1.54 bits per heavy atom. The summed E-state index contributed by atoms with van der Waals surface area (Å²) in [5, 5.41) is 3.87. The second kappa shape index (κ2) is 5.16. The minimum atomic E-state index is 0.657. The second-order valence-electron chi connectivity index (χ2n) is 2.41. The van der Waals surface area contributed by atoms with Gasteiger partial charge in [0, 0.05) is 10.2 Å². The van der Waals surface area contributed by atoms with Crippen molar-refractivity contribution in [3.63, 3.8) is 0 Å². The van der Waals surface area contributed by atoms with Crippen LogP contribution in [-0.4, -0.2) is 6.54 Å². The van der Waals surface area contributed by atoms with Gasteiger partial charge in [-0.3, -0.25) is 0 Å². The third-order valence-electron chi connectivity index (χ3n) is 1.48. The first-order valence-corrected chi connectivity index (χ1v) is 4.99. The number of benzene rings is 1. The number of hydrogen-bond acceptors (Lipinski definition) is 1. The standard InChI is InChI=1S/C10H9BrClN/c1-2-3-6-13-8-4-5-10(12)9(11)7-8/h4-5,7,13H,6H2,1H3. The van der Waals surface area contributed by atoms with E-state index in [1.54, 1.807) is 0 Å². The van der Waals surface area contributed by atoms with Crippen molar-refractivity contribution in [2.24, 2.45) is 0 Å². The van der Waals surface area contributed by atoms with Crippen LogP contribution in [0.3, 0.4) is 0 Å². The Bertz CT molecular complexity index is 352. The van der Waals surface area contributed by atoms with Gasteiger partial charge in [0.25, 0.3) is 0 Å². The van der Waals surface area contributed by atoms with Gasteiger partial charge in [0.2, 0.25) is 0 Å². The summed E-state index contributed by atoms with van der Waals surface area (Å²) in [5.74, 6) is 5.74. The summed E-state index contributed by atoms with van der Waals surface area (Å²) >= 11 is 9.19. The van der Waals surface area contributed by atoms with Crippen molar-refractivity contribution in [2.75, 3.05) is 11.9 Å². The van der Waals surface area contributed by atoms with Crippen LogP contribution in [0.4, 0.5) is 5.69 Å². The molecule has 0 aliphatic carbocycles. The fourth-order valence-electron chi connectivity index (χ4n) is 0.841. The van der Waals surface area contributed by atoms with Crippen molar-refractivity contribution in [3.8, 4) is 11.8 Å². The molecule has 0 aliphatic heterocycles. The molecule has 0 fully saturated rings. The van der Waals surface area contributed by atoms with Crippen molar-refractivity contribution in [1.29, 1.82) is 0 Å². The third-order valence-corrected chi connectivity index (χ3v) is 2.69. The van der Waals surface area contributed by atoms with E-state index in [0.717, 1.165) is 10.2 Å². The average Bonchev–Trinajstić information content (AvgIpc) is 2.12. The predicted molar refractivity (Wildman–Crippen MR) is 61.1 cm³/mol. The van der Waals surface area contributed by atoms with Crippen LogP contribution in [-0.2, 0) is 0 Å². The summed E-state index contributed by atoms with van der Waals surface area (Å²) in [6.45, 7) is 2.48. The fourth-order valence-corrected chi connectivity index (χ4v) is 1.34. The number of nitrogens with one attached hydrogen (secondary N) is 1. The zero-order valence-electron chi connectivity index (χ0n) is 7.20. The van der Waals surface area contributed by atoms with Gasteiger partial charge in [-0.25, -0.2) is 0 Å². The lowest BCUT2D eigenvalue weighted by atomic mass is 10.3. The maximum absolute atomic E-state index is 5.84. The van der Waals surface area contributed by atoms with Crippen molar-refractivity contribution in [2.45, 2.75) is 6.92 Å². The Hall–Kier alpha value is -0.650. The van der Waals surface area contributed by atoms with E-state index in [4.69, 9.17) is 11.6 Å². The van der Waals surface area contributed by atoms with E-state index < -0.39 is 0 Å². The molecule has 0 atom stereocenters. The predicted octanol–water partition coefficient (Wildman–Crippen LogP) is 3.54. The van der Waals surface area contributed by atoms with Crippen LogP contribution in [0.25, 0.3) is 0 Å². The normalized spacial score (nSPS) is 8.85. The molecular weight excluding hydrogens is 249 g/mol. The van der Waals surface area contributed by atoms with Gasteiger partial charge in [-0.05, 0) is 41.1 Å². The lowest BCUT2D eigenvalue weighted by Crippen LogP contribution is -1.97. The molecule has 1 rings (SSSR count). The summed E-state index contributed by atoms with van der Waals surface area (Å²) in [7, 11) is 0. The number of halogens is 2. The van der Waals surface area contributed by atoms with Gasteiger partial charge in [0.05, 0.1) is 11.6 Å². The van der Waals surface area contributed by atoms with Crippen molar-refractivity contribution >= 4 is 33.2 Å². The molecule has 0 radical (unpaired) electrons. The van der Waals surface area contributed by atoms with Gasteiger partial charge >= 0.3 is 0 Å². The Balaban J connectivity index is 2.66. The molecule has 68 valence electrons. The van der Waals surface area contributed by atoms with E-state index in [1.165, 1.54) is 0 Å². The lowest BCUT2D eigenvalue weighted by molar-refractivity contribution is 1.37. The topological polar surface area (TPSA) is 12.0 Å². The van der Waals surface area contributed by atoms with Crippen LogP contribution in [0.5, 0.6) is 0 Å². The Morgan fingerprint density at radius 2 is 2.31 bits per heavy atom. The number of hydrogen-bond donors (Lipinski definition) is 1. The van der Waals surface area contributed by atoms with Crippen molar-refractivity contribution in [3.05, 3.63) is 27.7 Å². The Labute approximate surface area is 91.6 Å². The minimum Gasteiger partial charge on any atom is -0.374 e. The van der Waals surface area contributed by atoms with E-state index in [0.29, 0.717) is 11.6 Å². The molecule has 1 aromatic carbocycles. The fraction of sp³-hybridized carbons (Fsp3) is 0.200. The van der Waals surface area contributed by atoms with E-state index in [9.17, 15) is 0 Å². The quantitative estimate of drug-likeness (QED) is 0.800. The highest BCUT2D eigenvalue weighted by atomic mass is 79.9. The first kappa shape index (κ1) is 10.4. The van der Waals surface area contributed by atoms with E-state index in [2.05, 4.69) is 33.1 Å². The molecule has 0 spiro atoms. The molecule has 0 saturated carbocycles. The smallest absolute Gasteiger partial charge is 0.0765 e. The van der Waals surface area contributed by atoms with Crippen LogP contribution in [0.1, 0.15) is 6.92 Å². The summed E-state index contributed by atoms with van der Waals surface area (Å²) in [6, 6.07) is 5.69. The molecule has 1 N–H and O–H groups in total. The van der Waals surface area contributed by atoms with Crippen LogP contribution in [0.2, 0.25) is 5.02 Å². The second-order valence-corrected chi connectivity index (χ2v) is 3.67. The summed E-state index contributed by atoms with van der Waals surface area (Å²) < 4.78 is 0.892. The molecule has 0 aromatic heterocycles. The Kier molecular flexibility index (Phi) is 4.14. The minimum absolute atomic E-state index is 0.657. The zero-order chi connectivity index (χ0) is 9.68. The van der Waals surface area contributed by atoms with Crippen LogP contribution in [0.15, 0.2) is 22.7 Å². The molecule has 13 heavy (non-hydrogen) atoms. The molecule has 1 nitrogen and oxygen atoms in total. The maximum atomic E-state index is 5.84. The average molecular weight is 259 g/mol. The van der Waals surface area contributed by atoms with Gasteiger partial charge in [-0.1, -0.05) is 17.5 Å². The van der Waals surface area contributed by atoms with Gasteiger partial charge in [0.1, 0.15) is 0 Å². The van der Waals surface area contributed by atoms with Crippen molar-refractivity contribution in [1.82, 2.24) is 0 Å². The molecule has 0 bridgehead atoms. The van der Waals surface area contributed by atoms with Gasteiger partial charge in [-0.15, -0.1) is 5.92 Å². The van der Waals surface area contributed by atoms with Crippen LogP contribution >= 0.6 is 27.5 Å². The summed E-state index contributed by atoms with van der Waals surface area (Å²) in [5.41, 5.74) is 1.01. The molecule has 1 aromatic rings. The zero-order valence-corrected chi connectivity index (χ0v) is 9.54. The van der Waals surface area contributed by atoms with E-state index >= 15 is 0 Å². The Morgan fingerprint density at radius 3 is 2.92 bits per heavy atom. The largest absolute Gasteiger partial charge is 0.374 e. The molecule has 0 amide bonds. The molecular formula is C10H9BrClN. The van der Waals surface area contributed by atoms with E-state index in [1.807, 2.05) is 25.1 Å². The highest BCUT2D eigenvalue weighted by molar-refractivity contribution is 9.10. The summed E-state index contributed by atoms with van der Waals surface area (Å²) in [4.78, 5) is 0. The van der Waals surface area contributed by atoms with Crippen molar-refractivity contribution < 1.29 is 0 Å². The first-order valence-electron chi connectivity index (χ1n) is 3.82. The molecule has 3 heteroatoms.